The van der Waals surface area contributed by atoms with Crippen LogP contribution >= 0.6 is 27.5 Å². The summed E-state index contributed by atoms with van der Waals surface area (Å²) in [5, 5.41) is -0.546. The van der Waals surface area contributed by atoms with Gasteiger partial charge < -0.3 is 0 Å². The number of rotatable bonds is 4. The Morgan fingerprint density at radius 2 is 2.06 bits per heavy atom. The Morgan fingerprint density at radius 1 is 1.47 bits per heavy atom. The topological polar surface area (TPSA) is 51.2 Å². The average Bonchev–Trinajstić information content (AvgIpc) is 2.19. The molecule has 3 nitrogen and oxygen atoms in total. The van der Waals surface area contributed by atoms with Crippen LogP contribution in [-0.4, -0.2) is 25.7 Å². The molecule has 1 aromatic carbocycles. The van der Waals surface area contributed by atoms with Crippen LogP contribution in [0.5, 0.6) is 0 Å². The van der Waals surface area contributed by atoms with E-state index in [1.165, 1.54) is 6.92 Å². The Labute approximate surface area is 114 Å². The molecule has 17 heavy (non-hydrogen) atoms. The highest BCUT2D eigenvalue weighted by molar-refractivity contribution is 9.10. The van der Waals surface area contributed by atoms with Crippen molar-refractivity contribution in [3.63, 3.8) is 0 Å². The summed E-state index contributed by atoms with van der Waals surface area (Å²) in [5.74, 6) is -0.350. The molecule has 0 bridgehead atoms. The van der Waals surface area contributed by atoms with Crippen LogP contribution in [0.1, 0.15) is 12.5 Å². The summed E-state index contributed by atoms with van der Waals surface area (Å²) in [6.07, 6.45) is 1.08. The Kier molecular flexibility index (Phi) is 4.75. The van der Waals surface area contributed by atoms with E-state index < -0.39 is 15.1 Å². The minimum Gasteiger partial charge on any atom is -0.298 e. The monoisotopic (exact) mass is 338 g/mol. The van der Waals surface area contributed by atoms with Crippen molar-refractivity contribution in [1.29, 1.82) is 0 Å². The highest BCUT2D eigenvalue weighted by Gasteiger charge is 2.23. The van der Waals surface area contributed by atoms with Crippen LogP contribution in [0.25, 0.3) is 0 Å². The van der Waals surface area contributed by atoms with E-state index in [0.29, 0.717) is 10.6 Å². The lowest BCUT2D eigenvalue weighted by molar-refractivity contribution is -0.117. The van der Waals surface area contributed by atoms with Crippen LogP contribution in [0, 0.1) is 0 Å². The van der Waals surface area contributed by atoms with Crippen LogP contribution in [0.2, 0.25) is 5.02 Å². The predicted octanol–water partition coefficient (Wildman–Crippen LogP) is 2.65. The molecule has 0 amide bonds. The van der Waals surface area contributed by atoms with Crippen molar-refractivity contribution in [3.05, 3.63) is 33.3 Å². The van der Waals surface area contributed by atoms with Crippen LogP contribution in [0.15, 0.2) is 22.7 Å². The molecule has 0 fully saturated rings. The molecule has 0 aliphatic rings. The minimum absolute atomic E-state index is 0.0281. The van der Waals surface area contributed by atoms with Gasteiger partial charge in [-0.3, -0.25) is 4.79 Å². The Hall–Kier alpha value is -0.390. The lowest BCUT2D eigenvalue weighted by Crippen LogP contribution is -2.27. The quantitative estimate of drug-likeness (QED) is 0.847. The van der Waals surface area contributed by atoms with Gasteiger partial charge in [-0.2, -0.15) is 0 Å². The molecule has 0 aromatic heterocycles. The number of hydrogen-bond acceptors (Lipinski definition) is 3. The summed E-state index contributed by atoms with van der Waals surface area (Å²) in [6.45, 7) is 1.39. The minimum atomic E-state index is -3.35. The zero-order chi connectivity index (χ0) is 13.2. The van der Waals surface area contributed by atoms with E-state index in [1.807, 2.05) is 0 Å². The van der Waals surface area contributed by atoms with E-state index in [0.717, 1.165) is 10.7 Å². The third-order valence-electron chi connectivity index (χ3n) is 2.48. The second kappa shape index (κ2) is 5.50. The Bertz CT molecular complexity index is 540. The van der Waals surface area contributed by atoms with Crippen molar-refractivity contribution in [1.82, 2.24) is 0 Å². The third kappa shape index (κ3) is 4.08. The van der Waals surface area contributed by atoms with E-state index in [4.69, 9.17) is 11.6 Å². The number of sulfone groups is 1. The maximum absolute atomic E-state index is 11.7. The predicted molar refractivity (Wildman–Crippen MR) is 72.2 cm³/mol. The highest BCUT2D eigenvalue weighted by Crippen LogP contribution is 2.22. The number of hydrogen-bond donors (Lipinski definition) is 0. The first-order valence-electron chi connectivity index (χ1n) is 4.87. The van der Waals surface area contributed by atoms with Gasteiger partial charge in [0.2, 0.25) is 0 Å². The molecule has 0 radical (unpaired) electrons. The maximum atomic E-state index is 11.7. The fourth-order valence-corrected chi connectivity index (χ4v) is 2.54. The van der Waals surface area contributed by atoms with Crippen molar-refractivity contribution in [2.45, 2.75) is 18.6 Å². The molecule has 0 heterocycles. The fourth-order valence-electron chi connectivity index (χ4n) is 1.24. The van der Waals surface area contributed by atoms with E-state index in [2.05, 4.69) is 15.9 Å². The molecule has 1 aromatic rings. The van der Waals surface area contributed by atoms with Gasteiger partial charge in [-0.1, -0.05) is 33.6 Å². The first-order valence-corrected chi connectivity index (χ1v) is 8.00. The zero-order valence-corrected chi connectivity index (χ0v) is 12.6. The maximum Gasteiger partial charge on any atom is 0.157 e. The van der Waals surface area contributed by atoms with Crippen LogP contribution in [0.4, 0.5) is 0 Å². The van der Waals surface area contributed by atoms with Gasteiger partial charge in [-0.25, -0.2) is 8.42 Å². The second-order valence-electron chi connectivity index (χ2n) is 3.85. The van der Waals surface area contributed by atoms with Crippen molar-refractivity contribution >= 4 is 43.2 Å². The summed E-state index contributed by atoms with van der Waals surface area (Å²) in [5.41, 5.74) is 0.635. The summed E-state index contributed by atoms with van der Waals surface area (Å²) in [6, 6.07) is 5.15. The molecular weight excluding hydrogens is 328 g/mol. The lowest BCUT2D eigenvalue weighted by atomic mass is 10.1. The Morgan fingerprint density at radius 3 is 2.53 bits per heavy atom. The van der Waals surface area contributed by atoms with Gasteiger partial charge in [-0.15, -0.1) is 0 Å². The zero-order valence-electron chi connectivity index (χ0n) is 9.41. The van der Waals surface area contributed by atoms with E-state index >= 15 is 0 Å². The molecule has 1 rings (SSSR count). The largest absolute Gasteiger partial charge is 0.298 e. The van der Waals surface area contributed by atoms with Gasteiger partial charge >= 0.3 is 0 Å². The number of Topliss-reactive ketones (excluding diaryl/α,β-unsaturated/α-hetero) is 1. The molecule has 0 saturated heterocycles. The van der Waals surface area contributed by atoms with Crippen LogP contribution < -0.4 is 0 Å². The van der Waals surface area contributed by atoms with Gasteiger partial charge in [0.15, 0.2) is 15.6 Å². The van der Waals surface area contributed by atoms with E-state index in [1.54, 1.807) is 18.2 Å². The van der Waals surface area contributed by atoms with Crippen molar-refractivity contribution in [3.8, 4) is 0 Å². The van der Waals surface area contributed by atoms with Crippen molar-refractivity contribution in [2.24, 2.45) is 0 Å². The standard InChI is InChI=1S/C11H12BrClO3S/c1-7(17(2,15)16)11(14)5-8-3-4-9(12)6-10(8)13/h3-4,6-7H,5H2,1-2H3. The van der Waals surface area contributed by atoms with Gasteiger partial charge in [0.1, 0.15) is 5.25 Å². The van der Waals surface area contributed by atoms with Gasteiger partial charge in [0, 0.05) is 22.2 Å². The molecule has 94 valence electrons. The van der Waals surface area contributed by atoms with Gasteiger partial charge in [-0.05, 0) is 24.6 Å². The lowest BCUT2D eigenvalue weighted by Gasteiger charge is -2.09. The van der Waals surface area contributed by atoms with Gasteiger partial charge in [0.25, 0.3) is 0 Å². The first kappa shape index (κ1) is 14.7. The summed E-state index contributed by atoms with van der Waals surface area (Å²) < 4.78 is 23.3. The van der Waals surface area contributed by atoms with Crippen molar-refractivity contribution in [2.75, 3.05) is 6.26 Å². The SMILES string of the molecule is CC(C(=O)Cc1ccc(Br)cc1Cl)S(C)(=O)=O. The van der Waals surface area contributed by atoms with Crippen LogP contribution in [0.3, 0.4) is 0 Å². The molecular formula is C11H12BrClO3S. The van der Waals surface area contributed by atoms with Crippen LogP contribution in [-0.2, 0) is 21.1 Å². The third-order valence-corrected chi connectivity index (χ3v) is 4.87. The number of carbonyl (C=O) groups is 1. The second-order valence-corrected chi connectivity index (χ2v) is 7.54. The smallest absolute Gasteiger partial charge is 0.157 e. The highest BCUT2D eigenvalue weighted by atomic mass is 79.9. The number of ketones is 1. The van der Waals surface area contributed by atoms with Gasteiger partial charge in [0.05, 0.1) is 0 Å². The first-order chi connectivity index (χ1) is 7.71. The number of halogens is 2. The summed E-state index contributed by atoms with van der Waals surface area (Å²) in [4.78, 5) is 11.7. The molecule has 0 saturated carbocycles. The molecule has 0 N–H and O–H groups in total. The molecule has 0 aliphatic heterocycles. The Balaban J connectivity index is 2.89. The van der Waals surface area contributed by atoms with Crippen molar-refractivity contribution < 1.29 is 13.2 Å². The molecule has 1 atom stereocenters. The molecule has 0 aliphatic carbocycles. The summed E-state index contributed by atoms with van der Waals surface area (Å²) in [7, 11) is -3.35. The normalized spacial score (nSPS) is 13.4. The van der Waals surface area contributed by atoms with E-state index in [9.17, 15) is 13.2 Å². The molecule has 1 unspecified atom stereocenters. The summed E-state index contributed by atoms with van der Waals surface area (Å²) >= 11 is 9.22. The fraction of sp³-hybridized carbons (Fsp3) is 0.364. The molecule has 6 heteroatoms. The van der Waals surface area contributed by atoms with E-state index in [-0.39, 0.29) is 12.2 Å². The number of benzene rings is 1. The number of carbonyl (C=O) groups excluding carboxylic acids is 1. The average molecular weight is 340 g/mol. The molecule has 0 spiro atoms.